The SMILES string of the molecule is COc1ccc(S(=O)(=O)N2CCC(C(=O)N3CCN(C(=O)CCC(C)C)CC3)CC2)cc1OC. The molecule has 0 bridgehead atoms. The quantitative estimate of drug-likeness (QED) is 0.549. The summed E-state index contributed by atoms with van der Waals surface area (Å²) in [4.78, 5) is 29.2. The summed E-state index contributed by atoms with van der Waals surface area (Å²) in [7, 11) is -0.730. The van der Waals surface area contributed by atoms with Crippen LogP contribution in [-0.4, -0.2) is 87.8 Å². The highest BCUT2D eigenvalue weighted by Gasteiger charge is 2.35. The molecule has 0 aromatic heterocycles. The zero-order chi connectivity index (χ0) is 24.9. The number of sulfonamides is 1. The molecule has 2 amide bonds. The van der Waals surface area contributed by atoms with Gasteiger partial charge in [-0.15, -0.1) is 0 Å². The van der Waals surface area contributed by atoms with Crippen molar-refractivity contribution in [2.24, 2.45) is 11.8 Å². The zero-order valence-corrected chi connectivity index (χ0v) is 21.5. The Bertz CT molecular complexity index is 965. The number of amides is 2. The number of rotatable bonds is 8. The highest BCUT2D eigenvalue weighted by atomic mass is 32.2. The molecule has 0 radical (unpaired) electrons. The van der Waals surface area contributed by atoms with Crippen LogP contribution in [0.4, 0.5) is 0 Å². The smallest absolute Gasteiger partial charge is 0.243 e. The summed E-state index contributed by atoms with van der Waals surface area (Å²) in [6.07, 6.45) is 2.40. The minimum absolute atomic E-state index is 0.0671. The van der Waals surface area contributed by atoms with Gasteiger partial charge in [0.25, 0.3) is 0 Å². The number of methoxy groups -OCH3 is 2. The minimum atomic E-state index is -3.69. The van der Waals surface area contributed by atoms with Crippen LogP contribution < -0.4 is 9.47 Å². The first-order chi connectivity index (χ1) is 16.2. The molecule has 1 aromatic carbocycles. The molecule has 2 aliphatic heterocycles. The van der Waals surface area contributed by atoms with E-state index in [4.69, 9.17) is 9.47 Å². The fourth-order valence-electron chi connectivity index (χ4n) is 4.47. The Hall–Kier alpha value is -2.33. The lowest BCUT2D eigenvalue weighted by molar-refractivity contribution is -0.143. The monoisotopic (exact) mass is 495 g/mol. The summed E-state index contributed by atoms with van der Waals surface area (Å²) in [5.41, 5.74) is 0. The number of hydrogen-bond acceptors (Lipinski definition) is 6. The van der Waals surface area contributed by atoms with Crippen LogP contribution in [0.2, 0.25) is 0 Å². The van der Waals surface area contributed by atoms with E-state index in [2.05, 4.69) is 13.8 Å². The first-order valence-corrected chi connectivity index (χ1v) is 13.4. The largest absolute Gasteiger partial charge is 0.493 e. The number of piperidine rings is 1. The van der Waals surface area contributed by atoms with Gasteiger partial charge in [-0.05, 0) is 37.3 Å². The topological polar surface area (TPSA) is 96.5 Å². The van der Waals surface area contributed by atoms with Crippen molar-refractivity contribution in [2.45, 2.75) is 44.4 Å². The summed E-state index contributed by atoms with van der Waals surface area (Å²) in [6.45, 7) is 7.00. The predicted molar refractivity (Wildman–Crippen MR) is 128 cm³/mol. The number of carbonyl (C=O) groups excluding carboxylic acids is 2. The average molecular weight is 496 g/mol. The standard InChI is InChI=1S/C24H37N3O6S/c1-18(2)5-8-23(28)25-13-15-26(16-14-25)24(29)19-9-11-27(12-10-19)34(30,31)20-6-7-21(32-3)22(17-20)33-4/h6-7,17-19H,5,8-16H2,1-4H3. The van der Waals surface area contributed by atoms with Crippen molar-refractivity contribution < 1.29 is 27.5 Å². The Labute approximate surface area is 203 Å². The molecular formula is C24H37N3O6S. The van der Waals surface area contributed by atoms with Crippen LogP contribution in [0.1, 0.15) is 39.5 Å². The molecule has 34 heavy (non-hydrogen) atoms. The molecule has 1 aromatic rings. The Balaban J connectivity index is 1.53. The molecule has 10 heteroatoms. The predicted octanol–water partition coefficient (Wildman–Crippen LogP) is 2.21. The zero-order valence-electron chi connectivity index (χ0n) is 20.7. The molecule has 2 fully saturated rings. The molecule has 3 rings (SSSR count). The van der Waals surface area contributed by atoms with Crippen LogP contribution in [-0.2, 0) is 19.6 Å². The second-order valence-corrected chi connectivity index (χ2v) is 11.3. The van der Waals surface area contributed by atoms with Gasteiger partial charge in [-0.25, -0.2) is 8.42 Å². The van der Waals surface area contributed by atoms with Crippen molar-refractivity contribution in [3.8, 4) is 11.5 Å². The molecule has 2 heterocycles. The highest BCUT2D eigenvalue weighted by Crippen LogP contribution is 2.32. The van der Waals surface area contributed by atoms with Crippen molar-refractivity contribution >= 4 is 21.8 Å². The first-order valence-electron chi connectivity index (χ1n) is 12.0. The summed E-state index contributed by atoms with van der Waals surface area (Å²) >= 11 is 0. The summed E-state index contributed by atoms with van der Waals surface area (Å²) in [6, 6.07) is 4.55. The van der Waals surface area contributed by atoms with E-state index in [-0.39, 0.29) is 22.6 Å². The summed E-state index contributed by atoms with van der Waals surface area (Å²) < 4.78 is 38.1. The number of hydrogen-bond donors (Lipinski definition) is 0. The molecule has 2 aliphatic rings. The Morgan fingerprint density at radius 3 is 2.09 bits per heavy atom. The third-order valence-electron chi connectivity index (χ3n) is 6.68. The Morgan fingerprint density at radius 1 is 0.941 bits per heavy atom. The average Bonchev–Trinajstić information content (AvgIpc) is 2.86. The third kappa shape index (κ3) is 6.02. The van der Waals surface area contributed by atoms with Crippen molar-refractivity contribution in [2.75, 3.05) is 53.5 Å². The second-order valence-electron chi connectivity index (χ2n) is 9.33. The number of ether oxygens (including phenoxy) is 2. The van der Waals surface area contributed by atoms with Gasteiger partial charge in [0, 0.05) is 57.7 Å². The maximum absolute atomic E-state index is 13.1. The molecule has 0 atom stereocenters. The van der Waals surface area contributed by atoms with Gasteiger partial charge in [0.05, 0.1) is 19.1 Å². The van der Waals surface area contributed by atoms with Gasteiger partial charge >= 0.3 is 0 Å². The Kier molecular flexibility index (Phi) is 8.81. The molecule has 2 saturated heterocycles. The van der Waals surface area contributed by atoms with E-state index in [1.165, 1.54) is 30.7 Å². The van der Waals surface area contributed by atoms with Crippen LogP contribution in [0.15, 0.2) is 23.1 Å². The lowest BCUT2D eigenvalue weighted by Crippen LogP contribution is -2.53. The van der Waals surface area contributed by atoms with Crippen LogP contribution in [0.5, 0.6) is 11.5 Å². The number of carbonyl (C=O) groups is 2. The van der Waals surface area contributed by atoms with E-state index >= 15 is 0 Å². The van der Waals surface area contributed by atoms with E-state index in [1.807, 2.05) is 9.80 Å². The van der Waals surface area contributed by atoms with E-state index in [0.717, 1.165) is 6.42 Å². The van der Waals surface area contributed by atoms with E-state index < -0.39 is 10.0 Å². The van der Waals surface area contributed by atoms with Crippen LogP contribution in [0.3, 0.4) is 0 Å². The molecule has 0 spiro atoms. The van der Waals surface area contributed by atoms with Crippen molar-refractivity contribution in [3.63, 3.8) is 0 Å². The Morgan fingerprint density at radius 2 is 1.53 bits per heavy atom. The van der Waals surface area contributed by atoms with Crippen molar-refractivity contribution in [3.05, 3.63) is 18.2 Å². The molecule has 0 N–H and O–H groups in total. The molecule has 190 valence electrons. The summed E-state index contributed by atoms with van der Waals surface area (Å²) in [5.74, 6) is 1.35. The van der Waals surface area contributed by atoms with Gasteiger partial charge in [-0.2, -0.15) is 4.31 Å². The third-order valence-corrected chi connectivity index (χ3v) is 8.57. The van der Waals surface area contributed by atoms with E-state index in [1.54, 1.807) is 6.07 Å². The lowest BCUT2D eigenvalue weighted by atomic mass is 9.96. The van der Waals surface area contributed by atoms with Gasteiger partial charge in [0.2, 0.25) is 21.8 Å². The van der Waals surface area contributed by atoms with Crippen molar-refractivity contribution in [1.29, 1.82) is 0 Å². The highest BCUT2D eigenvalue weighted by molar-refractivity contribution is 7.89. The fraction of sp³-hybridized carbons (Fsp3) is 0.667. The van der Waals surface area contributed by atoms with Gasteiger partial charge in [-0.3, -0.25) is 9.59 Å². The van der Waals surface area contributed by atoms with Crippen LogP contribution in [0, 0.1) is 11.8 Å². The molecule has 0 unspecified atom stereocenters. The summed E-state index contributed by atoms with van der Waals surface area (Å²) in [5, 5.41) is 0. The fourth-order valence-corrected chi connectivity index (χ4v) is 5.96. The number of piperazine rings is 1. The molecule has 0 aliphatic carbocycles. The van der Waals surface area contributed by atoms with Gasteiger partial charge < -0.3 is 19.3 Å². The first kappa shape index (κ1) is 26.3. The molecular weight excluding hydrogens is 458 g/mol. The lowest BCUT2D eigenvalue weighted by Gasteiger charge is -2.38. The van der Waals surface area contributed by atoms with Crippen molar-refractivity contribution in [1.82, 2.24) is 14.1 Å². The normalized spacial score (nSPS) is 18.3. The maximum atomic E-state index is 13.1. The van der Waals surface area contributed by atoms with Gasteiger partial charge in [0.15, 0.2) is 11.5 Å². The second kappa shape index (κ2) is 11.4. The van der Waals surface area contributed by atoms with E-state index in [9.17, 15) is 18.0 Å². The minimum Gasteiger partial charge on any atom is -0.493 e. The molecule has 9 nitrogen and oxygen atoms in total. The number of nitrogens with zero attached hydrogens (tertiary/aromatic N) is 3. The van der Waals surface area contributed by atoms with Crippen LogP contribution in [0.25, 0.3) is 0 Å². The van der Waals surface area contributed by atoms with Gasteiger partial charge in [-0.1, -0.05) is 13.8 Å². The number of benzene rings is 1. The van der Waals surface area contributed by atoms with Crippen LogP contribution >= 0.6 is 0 Å². The molecule has 0 saturated carbocycles. The maximum Gasteiger partial charge on any atom is 0.243 e. The van der Waals surface area contributed by atoms with Gasteiger partial charge in [0.1, 0.15) is 0 Å². The van der Waals surface area contributed by atoms with E-state index in [0.29, 0.717) is 75.9 Å².